The van der Waals surface area contributed by atoms with Crippen LogP contribution in [-0.4, -0.2) is 74.1 Å². The molecule has 7 nitrogen and oxygen atoms in total. The number of sulfonamides is 1. The first-order valence-electron chi connectivity index (χ1n) is 10.2. The van der Waals surface area contributed by atoms with Gasteiger partial charge in [-0.05, 0) is 50.3 Å². The minimum atomic E-state index is -4.03. The number of methoxy groups -OCH3 is 1. The van der Waals surface area contributed by atoms with Gasteiger partial charge in [-0.2, -0.15) is 4.31 Å². The van der Waals surface area contributed by atoms with Gasteiger partial charge in [0.15, 0.2) is 0 Å². The van der Waals surface area contributed by atoms with Crippen LogP contribution in [0.15, 0.2) is 23.1 Å². The summed E-state index contributed by atoms with van der Waals surface area (Å²) in [5.41, 5.74) is 0. The van der Waals surface area contributed by atoms with Gasteiger partial charge in [0.1, 0.15) is 6.04 Å². The minimum absolute atomic E-state index is 0.0325. The number of unbranched alkanes of at least 4 members (excludes halogenated alkanes) is 1. The predicted octanol–water partition coefficient (Wildman–Crippen LogP) is 2.78. The summed E-state index contributed by atoms with van der Waals surface area (Å²) in [6.07, 6.45) is 3.35. The Hall–Kier alpha value is -0.900. The Morgan fingerprint density at radius 3 is 2.50 bits per heavy atom. The van der Waals surface area contributed by atoms with Gasteiger partial charge in [0, 0.05) is 55.4 Å². The van der Waals surface area contributed by atoms with Crippen LogP contribution in [0.5, 0.6) is 0 Å². The number of hydrogen-bond acceptors (Lipinski definition) is 5. The number of nitrogens with zero attached hydrogens (tertiary/aromatic N) is 2. The fourth-order valence-corrected chi connectivity index (χ4v) is 7.08. The number of aliphatic hydroxyl groups is 1. The summed E-state index contributed by atoms with van der Waals surface area (Å²) in [5, 5.41) is 10.5. The van der Waals surface area contributed by atoms with E-state index in [1.165, 1.54) is 22.5 Å². The van der Waals surface area contributed by atoms with Gasteiger partial charge >= 0.3 is 0 Å². The Bertz CT molecular complexity index is 847. The first kappa shape index (κ1) is 23.8. The number of rotatable bonds is 8. The third-order valence-electron chi connectivity index (χ3n) is 5.88. The zero-order chi connectivity index (χ0) is 21.9. The van der Waals surface area contributed by atoms with Crippen LogP contribution in [0, 0.1) is 5.92 Å². The molecule has 2 bridgehead atoms. The SMILES string of the molecule is COCCCCN1C[C@H](CO)C2CCCC(C1=O)N2S(=O)(=O)c1cc(Cl)cc(Cl)c1. The maximum Gasteiger partial charge on any atom is 0.244 e. The lowest BCUT2D eigenvalue weighted by Gasteiger charge is -2.40. The van der Waals surface area contributed by atoms with E-state index in [0.717, 1.165) is 19.3 Å². The largest absolute Gasteiger partial charge is 0.396 e. The lowest BCUT2D eigenvalue weighted by atomic mass is 9.91. The number of hydrogen-bond donors (Lipinski definition) is 1. The van der Waals surface area contributed by atoms with Crippen LogP contribution in [0.2, 0.25) is 10.0 Å². The summed E-state index contributed by atoms with van der Waals surface area (Å²) in [4.78, 5) is 15.0. The molecule has 2 aliphatic rings. The molecule has 30 heavy (non-hydrogen) atoms. The van der Waals surface area contributed by atoms with Crippen LogP contribution in [0.1, 0.15) is 32.1 Å². The van der Waals surface area contributed by atoms with Crippen LogP contribution >= 0.6 is 23.2 Å². The molecule has 0 saturated carbocycles. The number of benzene rings is 1. The van der Waals surface area contributed by atoms with Crippen LogP contribution in [0.4, 0.5) is 0 Å². The highest BCUT2D eigenvalue weighted by Gasteiger charge is 2.49. The van der Waals surface area contributed by atoms with E-state index in [4.69, 9.17) is 27.9 Å². The van der Waals surface area contributed by atoms with E-state index < -0.39 is 22.1 Å². The van der Waals surface area contributed by atoms with E-state index in [9.17, 15) is 18.3 Å². The van der Waals surface area contributed by atoms with E-state index in [0.29, 0.717) is 32.5 Å². The third-order valence-corrected chi connectivity index (χ3v) is 8.23. The van der Waals surface area contributed by atoms with Gasteiger partial charge in [0.2, 0.25) is 15.9 Å². The maximum atomic E-state index is 13.6. The molecule has 0 radical (unpaired) electrons. The van der Waals surface area contributed by atoms with E-state index in [-0.39, 0.29) is 33.4 Å². The van der Waals surface area contributed by atoms with Gasteiger partial charge in [-0.25, -0.2) is 8.42 Å². The number of ether oxygens (including phenoxy) is 1. The second-order valence-electron chi connectivity index (χ2n) is 7.88. The number of piperidine rings is 1. The molecule has 0 aliphatic carbocycles. The summed E-state index contributed by atoms with van der Waals surface area (Å²) >= 11 is 12.1. The van der Waals surface area contributed by atoms with Crippen molar-refractivity contribution < 1.29 is 23.1 Å². The fourth-order valence-electron chi connectivity index (χ4n) is 4.46. The quantitative estimate of drug-likeness (QED) is 0.580. The normalized spacial score (nSPS) is 25.4. The van der Waals surface area contributed by atoms with Crippen molar-refractivity contribution in [3.05, 3.63) is 28.2 Å². The van der Waals surface area contributed by atoms with Gasteiger partial charge in [-0.3, -0.25) is 4.79 Å². The Labute approximate surface area is 187 Å². The Kier molecular flexibility index (Phi) is 8.03. The molecule has 10 heteroatoms. The monoisotopic (exact) mass is 478 g/mol. The smallest absolute Gasteiger partial charge is 0.244 e. The molecule has 1 amide bonds. The van der Waals surface area contributed by atoms with Crippen molar-refractivity contribution in [1.29, 1.82) is 0 Å². The first-order valence-corrected chi connectivity index (χ1v) is 12.4. The summed E-state index contributed by atoms with van der Waals surface area (Å²) in [6, 6.07) is 2.93. The molecule has 168 valence electrons. The molecule has 1 N–H and O–H groups in total. The summed E-state index contributed by atoms with van der Waals surface area (Å²) < 4.78 is 33.6. The van der Waals surface area contributed by atoms with Crippen LogP contribution in [0.25, 0.3) is 0 Å². The summed E-state index contributed by atoms with van der Waals surface area (Å²) in [7, 11) is -2.40. The molecule has 1 aromatic rings. The molecule has 2 heterocycles. The van der Waals surface area contributed by atoms with Gasteiger partial charge in [-0.1, -0.05) is 23.2 Å². The minimum Gasteiger partial charge on any atom is -0.396 e. The molecule has 2 fully saturated rings. The number of carbonyl (C=O) groups is 1. The van der Waals surface area contributed by atoms with Crippen molar-refractivity contribution in [3.63, 3.8) is 0 Å². The van der Waals surface area contributed by atoms with Crippen molar-refractivity contribution in [2.75, 3.05) is 33.4 Å². The molecular formula is C20H28Cl2N2O5S. The molecule has 0 aromatic heterocycles. The second kappa shape index (κ2) is 10.1. The molecule has 2 saturated heterocycles. The number of fused-ring (bicyclic) bond motifs is 2. The number of carbonyl (C=O) groups excluding carboxylic acids is 1. The average molecular weight is 479 g/mol. The molecule has 0 spiro atoms. The van der Waals surface area contributed by atoms with Crippen molar-refractivity contribution in [2.45, 2.75) is 49.1 Å². The fraction of sp³-hybridized carbons (Fsp3) is 0.650. The number of halogens is 2. The second-order valence-corrected chi connectivity index (χ2v) is 10.6. The van der Waals surface area contributed by atoms with E-state index in [1.807, 2.05) is 0 Å². The number of aliphatic hydroxyl groups excluding tert-OH is 1. The molecule has 3 atom stereocenters. The topological polar surface area (TPSA) is 87.2 Å². The van der Waals surface area contributed by atoms with Crippen molar-refractivity contribution in [1.82, 2.24) is 9.21 Å². The van der Waals surface area contributed by atoms with Crippen LogP contribution in [0.3, 0.4) is 0 Å². The van der Waals surface area contributed by atoms with Crippen LogP contribution in [-0.2, 0) is 19.6 Å². The Morgan fingerprint density at radius 2 is 1.87 bits per heavy atom. The molecule has 2 unspecified atom stereocenters. The zero-order valence-corrected chi connectivity index (χ0v) is 19.3. The maximum absolute atomic E-state index is 13.6. The van der Waals surface area contributed by atoms with Crippen molar-refractivity contribution >= 4 is 39.1 Å². The third kappa shape index (κ3) is 4.95. The Morgan fingerprint density at radius 1 is 1.17 bits per heavy atom. The van der Waals surface area contributed by atoms with Gasteiger partial charge in [0.25, 0.3) is 0 Å². The Balaban J connectivity index is 1.96. The average Bonchev–Trinajstić information content (AvgIpc) is 2.77. The van der Waals surface area contributed by atoms with Crippen LogP contribution < -0.4 is 0 Å². The predicted molar refractivity (Wildman–Crippen MR) is 115 cm³/mol. The van der Waals surface area contributed by atoms with Crippen molar-refractivity contribution in [2.24, 2.45) is 5.92 Å². The van der Waals surface area contributed by atoms with Gasteiger partial charge in [-0.15, -0.1) is 0 Å². The highest BCUT2D eigenvalue weighted by Crippen LogP contribution is 2.38. The van der Waals surface area contributed by atoms with Gasteiger partial charge < -0.3 is 14.7 Å². The molecule has 2 aliphatic heterocycles. The van der Waals surface area contributed by atoms with E-state index in [1.54, 1.807) is 12.0 Å². The molecule has 3 rings (SSSR count). The first-order chi connectivity index (χ1) is 14.3. The van der Waals surface area contributed by atoms with Crippen molar-refractivity contribution in [3.8, 4) is 0 Å². The highest BCUT2D eigenvalue weighted by atomic mass is 35.5. The standard InChI is InChI=1S/C20H28Cl2N2O5S/c1-29-8-3-2-7-23-12-14(13-25)18-5-4-6-19(20(23)26)24(18)30(27,28)17-10-15(21)9-16(22)11-17/h9-11,14,18-19,25H,2-8,12-13H2,1H3/t14-,18?,19?/m1/s1. The number of amides is 1. The van der Waals surface area contributed by atoms with Gasteiger partial charge in [0.05, 0.1) is 4.90 Å². The highest BCUT2D eigenvalue weighted by molar-refractivity contribution is 7.89. The molecule has 1 aromatic carbocycles. The van der Waals surface area contributed by atoms with E-state index in [2.05, 4.69) is 0 Å². The lowest BCUT2D eigenvalue weighted by molar-refractivity contribution is -0.135. The zero-order valence-electron chi connectivity index (χ0n) is 17.0. The lowest BCUT2D eigenvalue weighted by Crippen LogP contribution is -2.55. The summed E-state index contributed by atoms with van der Waals surface area (Å²) in [5.74, 6) is -0.559. The molecular weight excluding hydrogens is 451 g/mol. The van der Waals surface area contributed by atoms with E-state index >= 15 is 0 Å². The summed E-state index contributed by atoms with van der Waals surface area (Å²) in [6.45, 7) is 1.26.